The van der Waals surface area contributed by atoms with Crippen LogP contribution in [0.15, 0.2) is 59.7 Å². The van der Waals surface area contributed by atoms with E-state index in [1.54, 1.807) is 7.11 Å². The fourth-order valence-corrected chi connectivity index (χ4v) is 2.09. The van der Waals surface area contributed by atoms with E-state index >= 15 is 0 Å². The number of hydrogen-bond acceptors (Lipinski definition) is 4. The molecule has 0 atom stereocenters. The summed E-state index contributed by atoms with van der Waals surface area (Å²) in [6.07, 6.45) is 0. The highest BCUT2D eigenvalue weighted by molar-refractivity contribution is 5.71. The van der Waals surface area contributed by atoms with Crippen molar-refractivity contribution in [3.8, 4) is 22.7 Å². The quantitative estimate of drug-likeness (QED) is 0.415. The van der Waals surface area contributed by atoms with Gasteiger partial charge in [-0.2, -0.15) is 0 Å². The molecule has 1 heterocycles. The van der Waals surface area contributed by atoms with Crippen LogP contribution in [0.25, 0.3) is 27.4 Å². The lowest BCUT2D eigenvalue weighted by atomic mass is 10.1. The van der Waals surface area contributed by atoms with E-state index < -0.39 is 0 Å². The first-order chi connectivity index (χ1) is 10.8. The zero-order chi connectivity index (χ0) is 15.4. The van der Waals surface area contributed by atoms with E-state index in [4.69, 9.17) is 10.3 Å². The van der Waals surface area contributed by atoms with Crippen LogP contribution in [0.5, 0.6) is 5.75 Å². The van der Waals surface area contributed by atoms with Gasteiger partial charge in [0.1, 0.15) is 11.4 Å². The summed E-state index contributed by atoms with van der Waals surface area (Å²) in [6, 6.07) is 16.7. The van der Waals surface area contributed by atoms with Crippen LogP contribution < -0.4 is 4.74 Å². The van der Waals surface area contributed by atoms with Crippen LogP contribution >= 0.6 is 0 Å². The van der Waals surface area contributed by atoms with E-state index in [2.05, 4.69) is 20.3 Å². The summed E-state index contributed by atoms with van der Waals surface area (Å²) in [5, 5.41) is 12.0. The second-order valence-corrected chi connectivity index (χ2v) is 4.43. The summed E-state index contributed by atoms with van der Waals surface area (Å²) >= 11 is 0. The van der Waals surface area contributed by atoms with Gasteiger partial charge in [-0.15, -0.1) is 5.10 Å². The van der Waals surface area contributed by atoms with Crippen LogP contribution in [0.4, 0.5) is 5.82 Å². The van der Waals surface area contributed by atoms with Crippen LogP contribution in [0.3, 0.4) is 0 Å². The van der Waals surface area contributed by atoms with Gasteiger partial charge in [-0.1, -0.05) is 23.4 Å². The van der Waals surface area contributed by atoms with Crippen molar-refractivity contribution >= 4 is 5.82 Å². The van der Waals surface area contributed by atoms with Gasteiger partial charge in [0.15, 0.2) is 5.82 Å². The lowest BCUT2D eigenvalue weighted by Crippen LogP contribution is -1.95. The molecule has 3 rings (SSSR count). The fraction of sp³-hybridized carbons (Fsp3) is 0.0667. The van der Waals surface area contributed by atoms with Gasteiger partial charge in [0.05, 0.1) is 12.8 Å². The molecule has 0 aliphatic carbocycles. The number of aromatic nitrogens is 3. The molecular weight excluding hydrogens is 280 g/mol. The molecule has 0 fully saturated rings. The van der Waals surface area contributed by atoms with Crippen LogP contribution in [0.1, 0.15) is 0 Å². The van der Waals surface area contributed by atoms with Crippen molar-refractivity contribution in [2.45, 2.75) is 0 Å². The molecule has 0 unspecified atom stereocenters. The Morgan fingerprint density at radius 1 is 1.09 bits per heavy atom. The van der Waals surface area contributed by atoms with E-state index in [0.717, 1.165) is 17.0 Å². The largest absolute Gasteiger partial charge is 0.497 e. The minimum Gasteiger partial charge on any atom is -0.497 e. The molecule has 1 aromatic heterocycles. The molecule has 0 radical (unpaired) electrons. The normalized spacial score (nSPS) is 10.0. The van der Waals surface area contributed by atoms with Crippen molar-refractivity contribution in [3.63, 3.8) is 0 Å². The maximum absolute atomic E-state index is 8.83. The van der Waals surface area contributed by atoms with Crippen molar-refractivity contribution in [1.82, 2.24) is 15.0 Å². The second-order valence-electron chi connectivity index (χ2n) is 4.43. The number of nitrogens with zero attached hydrogens (tertiary/aromatic N) is 6. The lowest BCUT2D eigenvalue weighted by Gasteiger charge is -2.04. The van der Waals surface area contributed by atoms with E-state index in [1.165, 1.54) is 4.68 Å². The van der Waals surface area contributed by atoms with Crippen LogP contribution in [0, 0.1) is 0 Å². The van der Waals surface area contributed by atoms with Crippen LogP contribution in [-0.4, -0.2) is 22.1 Å². The van der Waals surface area contributed by atoms with Crippen molar-refractivity contribution in [2.75, 3.05) is 7.11 Å². The topological polar surface area (TPSA) is 88.7 Å². The summed E-state index contributed by atoms with van der Waals surface area (Å²) in [6.45, 7) is 0. The second kappa shape index (κ2) is 5.99. The van der Waals surface area contributed by atoms with Crippen LogP contribution in [0.2, 0.25) is 0 Å². The van der Waals surface area contributed by atoms with Gasteiger partial charge in [0, 0.05) is 10.5 Å². The van der Waals surface area contributed by atoms with Crippen molar-refractivity contribution in [3.05, 3.63) is 65.0 Å². The van der Waals surface area contributed by atoms with Gasteiger partial charge < -0.3 is 4.74 Å². The van der Waals surface area contributed by atoms with E-state index in [0.29, 0.717) is 11.5 Å². The SMILES string of the molecule is COc1ccc(-c2nnn(-c3ccccc3)c2N=[N+]=[N-])cc1. The Labute approximate surface area is 126 Å². The van der Waals surface area contributed by atoms with Crippen LogP contribution in [-0.2, 0) is 0 Å². The molecule has 0 N–H and O–H groups in total. The highest BCUT2D eigenvalue weighted by Crippen LogP contribution is 2.31. The predicted molar refractivity (Wildman–Crippen MR) is 82.2 cm³/mol. The van der Waals surface area contributed by atoms with Crippen molar-refractivity contribution in [1.29, 1.82) is 0 Å². The standard InChI is InChI=1S/C15H12N6O/c1-22-13-9-7-11(8-10-13)14-15(18-19-16)21(20-17-14)12-5-3-2-4-6-12/h2-10H,1H3. The highest BCUT2D eigenvalue weighted by Gasteiger charge is 2.14. The minimum absolute atomic E-state index is 0.346. The van der Waals surface area contributed by atoms with Crippen molar-refractivity contribution < 1.29 is 4.74 Å². The average molecular weight is 292 g/mol. The molecule has 3 aromatic rings. The Hall–Kier alpha value is -3.31. The number of hydrogen-bond donors (Lipinski definition) is 0. The Bertz CT molecular complexity index is 819. The summed E-state index contributed by atoms with van der Waals surface area (Å²) < 4.78 is 6.65. The first-order valence-corrected chi connectivity index (χ1v) is 6.54. The Kier molecular flexibility index (Phi) is 3.72. The smallest absolute Gasteiger partial charge is 0.158 e. The van der Waals surface area contributed by atoms with Gasteiger partial charge in [-0.25, -0.2) is 4.68 Å². The predicted octanol–water partition coefficient (Wildman–Crippen LogP) is 3.88. The first-order valence-electron chi connectivity index (χ1n) is 6.54. The van der Waals surface area contributed by atoms with Gasteiger partial charge in [-0.3, -0.25) is 0 Å². The average Bonchev–Trinajstić information content (AvgIpc) is 3.00. The highest BCUT2D eigenvalue weighted by atomic mass is 16.5. The zero-order valence-electron chi connectivity index (χ0n) is 11.8. The van der Waals surface area contributed by atoms with E-state index in [1.807, 2.05) is 54.6 Å². The summed E-state index contributed by atoms with van der Waals surface area (Å²) in [7, 11) is 1.60. The van der Waals surface area contributed by atoms with Gasteiger partial charge >= 0.3 is 0 Å². The molecule has 0 saturated heterocycles. The number of benzene rings is 2. The molecule has 0 spiro atoms. The maximum Gasteiger partial charge on any atom is 0.158 e. The Morgan fingerprint density at radius 2 is 1.82 bits per heavy atom. The molecule has 2 aromatic carbocycles. The Balaban J connectivity index is 2.12. The molecular formula is C15H12N6O. The number of methoxy groups -OCH3 is 1. The molecule has 22 heavy (non-hydrogen) atoms. The monoisotopic (exact) mass is 292 g/mol. The minimum atomic E-state index is 0.346. The molecule has 7 heteroatoms. The number of rotatable bonds is 4. The number of ether oxygens (including phenoxy) is 1. The van der Waals surface area contributed by atoms with Gasteiger partial charge in [-0.05, 0) is 47.0 Å². The molecule has 0 bridgehead atoms. The van der Waals surface area contributed by atoms with Gasteiger partial charge in [0.25, 0.3) is 0 Å². The van der Waals surface area contributed by atoms with E-state index in [9.17, 15) is 0 Å². The molecule has 108 valence electrons. The molecule has 0 saturated carbocycles. The molecule has 0 amide bonds. The fourth-order valence-electron chi connectivity index (χ4n) is 2.09. The third-order valence-corrected chi connectivity index (χ3v) is 3.15. The third-order valence-electron chi connectivity index (χ3n) is 3.15. The molecule has 7 nitrogen and oxygen atoms in total. The zero-order valence-corrected chi connectivity index (χ0v) is 11.8. The first kappa shape index (κ1) is 13.7. The lowest BCUT2D eigenvalue weighted by molar-refractivity contribution is 0.415. The summed E-state index contributed by atoms with van der Waals surface area (Å²) in [5.41, 5.74) is 10.9. The summed E-state index contributed by atoms with van der Waals surface area (Å²) in [4.78, 5) is 2.88. The third kappa shape index (κ3) is 2.48. The Morgan fingerprint density at radius 3 is 2.45 bits per heavy atom. The van der Waals surface area contributed by atoms with E-state index in [-0.39, 0.29) is 0 Å². The van der Waals surface area contributed by atoms with Crippen molar-refractivity contribution in [2.24, 2.45) is 5.11 Å². The molecule has 0 aliphatic heterocycles. The molecule has 0 aliphatic rings. The van der Waals surface area contributed by atoms with Gasteiger partial charge in [0.2, 0.25) is 0 Å². The maximum atomic E-state index is 8.83. The summed E-state index contributed by atoms with van der Waals surface area (Å²) in [5.74, 6) is 1.09. The number of para-hydroxylation sites is 1. The number of azide groups is 1.